The topological polar surface area (TPSA) is 24.3 Å². The maximum Gasteiger partial charge on any atom is 0.0758 e. The quantitative estimate of drug-likeness (QED) is 0.845. The number of nitrogens with zero attached hydrogens (tertiary/aromatic N) is 4. The third-order valence-electron chi connectivity index (χ3n) is 4.90. The van der Waals surface area contributed by atoms with Crippen LogP contribution < -0.4 is 4.90 Å². The third kappa shape index (κ3) is 2.33. The van der Waals surface area contributed by atoms with Gasteiger partial charge in [-0.15, -0.1) is 0 Å². The van der Waals surface area contributed by atoms with Crippen LogP contribution in [0.15, 0.2) is 42.7 Å². The molecular weight excluding hydrogens is 260 g/mol. The fraction of sp³-hybridized carbons (Fsp3) is 0.471. The molecule has 1 aromatic carbocycles. The van der Waals surface area contributed by atoms with E-state index >= 15 is 0 Å². The van der Waals surface area contributed by atoms with Crippen molar-refractivity contribution in [3.63, 3.8) is 0 Å². The first-order chi connectivity index (χ1) is 10.3. The zero-order valence-corrected chi connectivity index (χ0v) is 12.5. The molecule has 0 N–H and O–H groups in total. The van der Waals surface area contributed by atoms with E-state index in [4.69, 9.17) is 0 Å². The molecule has 3 heterocycles. The highest BCUT2D eigenvalue weighted by Gasteiger charge is 2.37. The van der Waals surface area contributed by atoms with Gasteiger partial charge in [-0.05, 0) is 24.9 Å². The first-order valence-electron chi connectivity index (χ1n) is 7.85. The van der Waals surface area contributed by atoms with Gasteiger partial charge in [0.25, 0.3) is 0 Å². The van der Waals surface area contributed by atoms with Crippen LogP contribution in [0.3, 0.4) is 0 Å². The van der Waals surface area contributed by atoms with E-state index < -0.39 is 0 Å². The molecule has 2 fully saturated rings. The largest absolute Gasteiger partial charge is 0.359 e. The van der Waals surface area contributed by atoms with E-state index in [2.05, 4.69) is 51.4 Å². The van der Waals surface area contributed by atoms with Crippen molar-refractivity contribution < 1.29 is 0 Å². The average Bonchev–Trinajstić information content (AvgIpc) is 3.15. The highest BCUT2D eigenvalue weighted by Crippen LogP contribution is 2.35. The Hall–Kier alpha value is -1.81. The van der Waals surface area contributed by atoms with E-state index in [1.807, 2.05) is 17.9 Å². The van der Waals surface area contributed by atoms with Gasteiger partial charge in [0.1, 0.15) is 0 Å². The summed E-state index contributed by atoms with van der Waals surface area (Å²) >= 11 is 0. The number of anilines is 1. The Kier molecular flexibility index (Phi) is 3.19. The van der Waals surface area contributed by atoms with Crippen molar-refractivity contribution >= 4 is 5.69 Å². The lowest BCUT2D eigenvalue weighted by Crippen LogP contribution is -2.51. The van der Waals surface area contributed by atoms with Gasteiger partial charge in [0, 0.05) is 32.4 Å². The van der Waals surface area contributed by atoms with Crippen LogP contribution >= 0.6 is 0 Å². The minimum absolute atomic E-state index is 0.435. The summed E-state index contributed by atoms with van der Waals surface area (Å²) in [7, 11) is 1.99. The van der Waals surface area contributed by atoms with Gasteiger partial charge >= 0.3 is 0 Å². The van der Waals surface area contributed by atoms with Crippen LogP contribution in [0.25, 0.3) is 0 Å². The normalized spacial score (nSPS) is 26.0. The summed E-state index contributed by atoms with van der Waals surface area (Å²) in [6.45, 7) is 3.50. The second-order valence-electron chi connectivity index (χ2n) is 6.24. The molecule has 0 aliphatic carbocycles. The summed E-state index contributed by atoms with van der Waals surface area (Å²) < 4.78 is 1.90. The van der Waals surface area contributed by atoms with Crippen LogP contribution in [0.2, 0.25) is 0 Å². The van der Waals surface area contributed by atoms with Gasteiger partial charge in [0.05, 0.1) is 17.9 Å². The van der Waals surface area contributed by atoms with Gasteiger partial charge in [-0.2, -0.15) is 5.10 Å². The van der Waals surface area contributed by atoms with Gasteiger partial charge in [0.15, 0.2) is 0 Å². The van der Waals surface area contributed by atoms with Gasteiger partial charge in [0.2, 0.25) is 0 Å². The predicted octanol–water partition coefficient (Wildman–Crippen LogP) is 2.45. The molecule has 2 aliphatic heterocycles. The first-order valence-corrected chi connectivity index (χ1v) is 7.85. The van der Waals surface area contributed by atoms with Crippen LogP contribution in [0, 0.1) is 0 Å². The van der Waals surface area contributed by atoms with Crippen LogP contribution in [0.4, 0.5) is 5.69 Å². The summed E-state index contributed by atoms with van der Waals surface area (Å²) in [6, 6.07) is 12.0. The second-order valence-corrected chi connectivity index (χ2v) is 6.24. The summed E-state index contributed by atoms with van der Waals surface area (Å²) in [5, 5.41) is 4.37. The molecule has 2 unspecified atom stereocenters. The molecule has 2 aliphatic rings. The molecular formula is C17H22N4. The number of benzene rings is 1. The van der Waals surface area contributed by atoms with Crippen LogP contribution in [-0.4, -0.2) is 40.4 Å². The predicted molar refractivity (Wildman–Crippen MR) is 84.3 cm³/mol. The zero-order chi connectivity index (χ0) is 14.2. The van der Waals surface area contributed by atoms with Crippen LogP contribution in [0.5, 0.6) is 0 Å². The highest BCUT2D eigenvalue weighted by atomic mass is 15.3. The molecule has 1 aromatic heterocycles. The molecule has 110 valence electrons. The lowest BCUT2D eigenvalue weighted by molar-refractivity contribution is 0.197. The lowest BCUT2D eigenvalue weighted by Gasteiger charge is -2.44. The molecule has 2 saturated heterocycles. The van der Waals surface area contributed by atoms with E-state index in [0.29, 0.717) is 12.1 Å². The Morgan fingerprint density at radius 2 is 2.00 bits per heavy atom. The Labute approximate surface area is 126 Å². The summed E-state index contributed by atoms with van der Waals surface area (Å²) in [6.07, 6.45) is 6.81. The third-order valence-corrected chi connectivity index (χ3v) is 4.90. The van der Waals surface area contributed by atoms with Gasteiger partial charge in [-0.1, -0.05) is 30.3 Å². The van der Waals surface area contributed by atoms with Crippen molar-refractivity contribution in [2.24, 2.45) is 7.05 Å². The molecule has 2 atom stereocenters. The Morgan fingerprint density at radius 3 is 2.76 bits per heavy atom. The minimum atomic E-state index is 0.435. The molecule has 0 radical (unpaired) electrons. The molecule has 2 aromatic rings. The van der Waals surface area contributed by atoms with E-state index in [1.54, 1.807) is 0 Å². The van der Waals surface area contributed by atoms with E-state index in [-0.39, 0.29) is 0 Å². The average molecular weight is 282 g/mol. The van der Waals surface area contributed by atoms with Crippen LogP contribution in [-0.2, 0) is 7.05 Å². The highest BCUT2D eigenvalue weighted by molar-refractivity contribution is 5.47. The van der Waals surface area contributed by atoms with Crippen molar-refractivity contribution in [2.45, 2.75) is 24.9 Å². The maximum absolute atomic E-state index is 4.37. The number of fused-ring (bicyclic) bond motifs is 1. The van der Waals surface area contributed by atoms with Crippen molar-refractivity contribution in [3.8, 4) is 0 Å². The molecule has 0 spiro atoms. The lowest BCUT2D eigenvalue weighted by atomic mass is 9.99. The van der Waals surface area contributed by atoms with E-state index in [1.165, 1.54) is 30.6 Å². The fourth-order valence-corrected chi connectivity index (χ4v) is 3.82. The standard InChI is InChI=1S/C17H22N4/c1-19-11-16(10-18-19)21-12-15-8-5-9-20(15)13-17(21)14-6-3-2-4-7-14/h2-4,6-7,10-11,15,17H,5,8-9,12-13H2,1H3. The molecule has 4 nitrogen and oxygen atoms in total. The Morgan fingerprint density at radius 1 is 1.14 bits per heavy atom. The smallest absolute Gasteiger partial charge is 0.0758 e. The van der Waals surface area contributed by atoms with E-state index in [9.17, 15) is 0 Å². The summed E-state index contributed by atoms with van der Waals surface area (Å²) in [4.78, 5) is 5.22. The monoisotopic (exact) mass is 282 g/mol. The first kappa shape index (κ1) is 12.9. The number of aromatic nitrogens is 2. The SMILES string of the molecule is Cn1cc(N2CC3CCCN3CC2c2ccccc2)cn1. The number of hydrogen-bond acceptors (Lipinski definition) is 3. The summed E-state index contributed by atoms with van der Waals surface area (Å²) in [5.74, 6) is 0. The molecule has 21 heavy (non-hydrogen) atoms. The number of aryl methyl sites for hydroxylation is 1. The molecule has 4 rings (SSSR count). The molecule has 0 bridgehead atoms. The second kappa shape index (κ2) is 5.19. The van der Waals surface area contributed by atoms with Gasteiger partial charge in [-0.25, -0.2) is 0 Å². The molecule has 0 amide bonds. The van der Waals surface area contributed by atoms with Crippen molar-refractivity contribution in [1.29, 1.82) is 0 Å². The number of hydrogen-bond donors (Lipinski definition) is 0. The minimum Gasteiger partial charge on any atom is -0.359 e. The number of rotatable bonds is 2. The maximum atomic E-state index is 4.37. The Bertz CT molecular complexity index is 606. The van der Waals surface area contributed by atoms with Crippen LogP contribution in [0.1, 0.15) is 24.4 Å². The van der Waals surface area contributed by atoms with Crippen molar-refractivity contribution in [2.75, 3.05) is 24.5 Å². The summed E-state index contributed by atoms with van der Waals surface area (Å²) in [5.41, 5.74) is 2.66. The fourth-order valence-electron chi connectivity index (χ4n) is 3.82. The van der Waals surface area contributed by atoms with Gasteiger partial charge < -0.3 is 4.90 Å². The Balaban J connectivity index is 1.69. The van der Waals surface area contributed by atoms with Gasteiger partial charge in [-0.3, -0.25) is 9.58 Å². The molecule has 4 heteroatoms. The number of piperazine rings is 1. The van der Waals surface area contributed by atoms with E-state index in [0.717, 1.165) is 13.1 Å². The molecule has 0 saturated carbocycles. The van der Waals surface area contributed by atoms with Crippen molar-refractivity contribution in [3.05, 3.63) is 48.3 Å². The zero-order valence-electron chi connectivity index (χ0n) is 12.5. The van der Waals surface area contributed by atoms with Crippen molar-refractivity contribution in [1.82, 2.24) is 14.7 Å².